The van der Waals surface area contributed by atoms with Crippen LogP contribution in [0.25, 0.3) is 0 Å². The Hall–Kier alpha value is -7.93. The Labute approximate surface area is 635 Å². The van der Waals surface area contributed by atoms with Crippen LogP contribution in [0.15, 0.2) is 140 Å². The number of unbranched alkanes of at least 4 members (excludes halogenated alkanes) is 7. The van der Waals surface area contributed by atoms with Crippen LogP contribution in [0.1, 0.15) is 204 Å². The van der Waals surface area contributed by atoms with E-state index < -0.39 is 75.7 Å². The van der Waals surface area contributed by atoms with Gasteiger partial charge in [-0.3, -0.25) is 19.4 Å². The van der Waals surface area contributed by atoms with E-state index in [0.717, 1.165) is 124 Å². The summed E-state index contributed by atoms with van der Waals surface area (Å²) in [5.74, 6) is -0.947. The van der Waals surface area contributed by atoms with E-state index in [4.69, 9.17) is 34.6 Å². The van der Waals surface area contributed by atoms with Crippen molar-refractivity contribution in [2.24, 2.45) is 23.0 Å². The highest BCUT2D eigenvalue weighted by atomic mass is 16.7. The summed E-state index contributed by atoms with van der Waals surface area (Å²) < 4.78 is 25.4. The number of hydrogen-bond acceptors (Lipinski definition) is 14. The third-order valence-electron chi connectivity index (χ3n) is 23.3. The number of carbonyl (C=O) groups excluding carboxylic acids is 6. The van der Waals surface area contributed by atoms with Crippen LogP contribution in [-0.2, 0) is 67.5 Å². The van der Waals surface area contributed by atoms with Gasteiger partial charge in [-0.1, -0.05) is 252 Å². The third-order valence-corrected chi connectivity index (χ3v) is 23.3. The van der Waals surface area contributed by atoms with Gasteiger partial charge >= 0.3 is 45.6 Å². The summed E-state index contributed by atoms with van der Waals surface area (Å²) in [6, 6.07) is 42.3. The van der Waals surface area contributed by atoms with Crippen LogP contribution < -0.4 is 21.8 Å². The number of ether oxygens (including phenoxy) is 2. The van der Waals surface area contributed by atoms with E-state index in [0.29, 0.717) is 63.0 Å². The van der Waals surface area contributed by atoms with Crippen LogP contribution in [-0.4, -0.2) is 170 Å². The highest BCUT2D eigenvalue weighted by Gasteiger charge is 2.68. The van der Waals surface area contributed by atoms with Gasteiger partial charge in [-0.15, -0.1) is 0 Å². The molecule has 4 saturated heterocycles. The Balaban J connectivity index is 0.000000221. The maximum absolute atomic E-state index is 14.6. The first-order valence-corrected chi connectivity index (χ1v) is 38.7. The van der Waals surface area contributed by atoms with Crippen LogP contribution in [0.3, 0.4) is 0 Å². The predicted molar refractivity (Wildman–Crippen MR) is 416 cm³/mol. The van der Waals surface area contributed by atoms with E-state index in [1.165, 1.54) is 36.1 Å². The van der Waals surface area contributed by atoms with Crippen molar-refractivity contribution in [2.75, 3.05) is 19.6 Å². The molecule has 9 aliphatic rings. The second-order valence-corrected chi connectivity index (χ2v) is 31.0. The Morgan fingerprint density at radius 3 is 1.66 bits per heavy atom. The van der Waals surface area contributed by atoms with Gasteiger partial charge in [-0.25, -0.2) is 19.2 Å². The van der Waals surface area contributed by atoms with Gasteiger partial charge in [-0.2, -0.15) is 0 Å². The van der Waals surface area contributed by atoms with Crippen molar-refractivity contribution in [1.29, 1.82) is 0 Å². The van der Waals surface area contributed by atoms with Gasteiger partial charge in [0.2, 0.25) is 11.8 Å². The maximum atomic E-state index is 14.6. The molecule has 8 N–H and O–H groups in total. The second kappa shape index (κ2) is 39.4. The van der Waals surface area contributed by atoms with Crippen LogP contribution in [0.4, 0.5) is 19.2 Å². The zero-order valence-electron chi connectivity index (χ0n) is 61.6. The van der Waals surface area contributed by atoms with Gasteiger partial charge in [0.25, 0.3) is 0 Å². The number of primary amides is 1. The Kier molecular flexibility index (Phi) is 30.6. The van der Waals surface area contributed by atoms with Crippen LogP contribution in [0.5, 0.6) is 0 Å². The molecule has 10 atom stereocenters. The molecule has 5 aromatic carbocycles. The molecule has 0 spiro atoms. The number of carbonyl (C=O) groups is 6. The number of fused-ring (bicyclic) bond motifs is 3. The Morgan fingerprint density at radius 1 is 0.626 bits per heavy atom. The number of nitrogens with zero attached hydrogens (tertiary/aromatic N) is 5. The molecule has 107 heavy (non-hydrogen) atoms. The number of rotatable bonds is 20. The maximum Gasteiger partial charge on any atom is 0.488 e. The number of nitrogens with one attached hydrogen (secondary N) is 2. The lowest BCUT2D eigenvalue weighted by molar-refractivity contribution is -0.199. The minimum Gasteiger partial charge on any atom is -0.444 e. The van der Waals surface area contributed by atoms with Gasteiger partial charge in [-0.05, 0) is 108 Å². The van der Waals surface area contributed by atoms with Crippen LogP contribution in [0.2, 0.25) is 0 Å². The smallest absolute Gasteiger partial charge is 0.444 e. The van der Waals surface area contributed by atoms with Crippen LogP contribution in [0, 0.1) is 17.3 Å². The van der Waals surface area contributed by atoms with E-state index in [1.54, 1.807) is 39.0 Å². The molecule has 0 aromatic heterocycles. The van der Waals surface area contributed by atoms with Crippen molar-refractivity contribution in [3.05, 3.63) is 173 Å². The monoisotopic (exact) mass is 1470 g/mol. The van der Waals surface area contributed by atoms with E-state index in [2.05, 4.69) is 55.7 Å². The summed E-state index contributed by atoms with van der Waals surface area (Å²) in [7, 11) is -3.62. The summed E-state index contributed by atoms with van der Waals surface area (Å²) in [5.41, 5.74) is 12.7. The topological polar surface area (TPSA) is 287 Å². The van der Waals surface area contributed by atoms with E-state index in [-0.39, 0.29) is 75.8 Å². The third kappa shape index (κ3) is 21.7. The molecule has 3 aliphatic carbocycles. The van der Waals surface area contributed by atoms with Gasteiger partial charge < -0.3 is 69.9 Å². The summed E-state index contributed by atoms with van der Waals surface area (Å²) in [6.07, 6.45) is 18.6. The number of aryl methyl sites for hydroxylation is 1. The summed E-state index contributed by atoms with van der Waals surface area (Å²) in [4.78, 5) is 88.8. The fourth-order valence-electron chi connectivity index (χ4n) is 17.1. The first-order chi connectivity index (χ1) is 50.7. The van der Waals surface area contributed by atoms with Gasteiger partial charge in [0, 0.05) is 52.1 Å². The first-order valence-electron chi connectivity index (χ1n) is 38.7. The van der Waals surface area contributed by atoms with E-state index in [1.807, 2.05) is 95.9 Å². The summed E-state index contributed by atoms with van der Waals surface area (Å²) in [5, 5.41) is 43.0. The van der Waals surface area contributed by atoms with Gasteiger partial charge in [0.05, 0.1) is 36.7 Å². The number of benzene rings is 5. The molecule has 22 nitrogen and oxygen atoms in total. The molecule has 6 heterocycles. The number of likely N-dealkylation sites (tertiary alicyclic amines) is 1. The molecule has 6 aliphatic heterocycles. The average molecular weight is 1470 g/mol. The lowest BCUT2D eigenvalue weighted by Gasteiger charge is -2.64. The van der Waals surface area contributed by atoms with Gasteiger partial charge in [0.15, 0.2) is 0 Å². The number of amides is 8. The minimum absolute atomic E-state index is 0. The number of hydrogen-bond donors (Lipinski definition) is 7. The molecule has 3 saturated carbocycles. The Bertz CT molecular complexity index is 3620. The van der Waals surface area contributed by atoms with E-state index >= 15 is 0 Å². The molecule has 1 unspecified atom stereocenters. The number of nitrogens with two attached hydrogens (primary N) is 1. The highest BCUT2D eigenvalue weighted by Crippen LogP contribution is 2.66. The fraction of sp³-hybridized carbons (Fsp3) is 0.561. The quantitative estimate of drug-likeness (QED) is 0.0282. The molecule has 14 rings (SSSR count). The van der Waals surface area contributed by atoms with Crippen molar-refractivity contribution in [3.8, 4) is 0 Å². The predicted octanol–water partition coefficient (Wildman–Crippen LogP) is 11.6. The lowest BCUT2D eigenvalue weighted by Crippen LogP contribution is -2.65. The standard InChI is InChI=1S/C42H57BN4O6.C32H45BN4O6.C6H7BO2.2CH4/c1-41(2)32-22-35(41)42(3)36(23-32)52-43(53-42)37-20-12-7-5-4-6-8-15-21-45(25-29-16-10-9-11-17-29)39(49)47-28-33(24-34(47)38(48)44-37)51-40(50)46-26-30-18-13-14-19-31(30)27-46;34-31(39)37-23-27(43-32(40)36-21-25-17-12-13-18-26(25)22-36)20-28(37)30(38)35-29(33(41)42)19-11-6-4-2-1-3-5-8-14-24-15-9-7-10-16-24;8-7(9)6-4-2-1-3-5-6;;/h9-11,13-14,16-19,32-37H,4-8,12,15,20-28H2,1-3H3,(H,44,48);7,9-10,12-13,15-18,27-29,41-42H,1-6,8,11,14,19-23H2,(H2,34,39)(H,35,38);1-5,8-9H;2*1H4/t32-,33-,34+,35-,36?,37+,42-;27-,28+,29+;;;/m11.../s1. The molecule has 2 bridgehead atoms. The van der Waals surface area contributed by atoms with Gasteiger partial charge in [0.1, 0.15) is 24.3 Å². The zero-order valence-corrected chi connectivity index (χ0v) is 61.6. The van der Waals surface area contributed by atoms with Crippen LogP contribution >= 0.6 is 0 Å². The van der Waals surface area contributed by atoms with Crippen molar-refractivity contribution >= 4 is 62.9 Å². The lowest BCUT2D eigenvalue weighted by atomic mass is 9.43. The molecule has 0 radical (unpaired) electrons. The first kappa shape index (κ1) is 83.1. The molecule has 25 heteroatoms. The molecular weight excluding hydrogens is 1350 g/mol. The Morgan fingerprint density at radius 2 is 1.13 bits per heavy atom. The highest BCUT2D eigenvalue weighted by molar-refractivity contribution is 6.58. The fourth-order valence-corrected chi connectivity index (χ4v) is 17.1. The normalized spacial score (nSPS) is 24.5. The molecule has 7 fully saturated rings. The average Bonchev–Trinajstić information content (AvgIpc) is 1.63. The van der Waals surface area contributed by atoms with Crippen molar-refractivity contribution in [2.45, 2.75) is 257 Å². The molecular formula is C82H117B3N8O14. The molecule has 578 valence electrons. The minimum atomic E-state index is -1.73. The second-order valence-electron chi connectivity index (χ2n) is 31.0. The van der Waals surface area contributed by atoms with Crippen molar-refractivity contribution < 1.29 is 67.6 Å². The zero-order chi connectivity index (χ0) is 74.0. The van der Waals surface area contributed by atoms with Crippen molar-refractivity contribution in [1.82, 2.24) is 35.1 Å². The van der Waals surface area contributed by atoms with E-state index in [9.17, 15) is 38.8 Å². The largest absolute Gasteiger partial charge is 0.488 e. The number of urea groups is 2. The summed E-state index contributed by atoms with van der Waals surface area (Å²) in [6.45, 7) is 9.99. The summed E-state index contributed by atoms with van der Waals surface area (Å²) >= 11 is 0. The molecule has 5 aromatic rings. The van der Waals surface area contributed by atoms with Crippen molar-refractivity contribution in [3.63, 3.8) is 0 Å². The SMILES string of the molecule is C.C.CC1(C)[C@H]2CC3OB([C@@H]4CCCCCCCCCN(Cc5ccccc5)C(=O)N5C[C@H](OC(=O)N6Cc7ccccc7C6)C[C@H]5C(=O)N4)O[C@]3(C)[C@@H]1C2.NC(=O)N1C[C@H](OC(=O)N2Cc3ccccc3C2)C[C@H]1C(=O)N[C@@H](CCCCCCCCCCc1ccccc1)B(O)O.OB(O)c1ccccc1. The molecule has 8 amide bonds.